The first kappa shape index (κ1) is 11.7. The van der Waals surface area contributed by atoms with Crippen molar-refractivity contribution >= 4 is 0 Å². The molecule has 0 spiro atoms. The lowest BCUT2D eigenvalue weighted by Gasteiger charge is -2.11. The van der Waals surface area contributed by atoms with E-state index >= 15 is 0 Å². The van der Waals surface area contributed by atoms with Gasteiger partial charge in [-0.1, -0.05) is 0 Å². The van der Waals surface area contributed by atoms with Gasteiger partial charge >= 0.3 is 6.18 Å². The molecule has 1 N–H and O–H groups in total. The summed E-state index contributed by atoms with van der Waals surface area (Å²) in [6.45, 7) is -0.235. The van der Waals surface area contributed by atoms with E-state index < -0.39 is 12.8 Å². The van der Waals surface area contributed by atoms with Crippen molar-refractivity contribution in [2.75, 3.05) is 33.8 Å². The average Bonchev–Trinajstić information content (AvgIpc) is 1.83. The molecule has 0 rings (SSSR count). The largest absolute Gasteiger partial charge is 0.413 e. The number of rotatable bonds is 5. The molecule has 0 atom stereocenters. The summed E-state index contributed by atoms with van der Waals surface area (Å²) in [6, 6.07) is 0. The molecule has 0 heterocycles. The number of hydrogen-bond acceptors (Lipinski definition) is 3. The zero-order chi connectivity index (χ0) is 9.61. The second-order valence-corrected chi connectivity index (χ2v) is 2.60. The van der Waals surface area contributed by atoms with Crippen LogP contribution < -0.4 is 5.48 Å². The van der Waals surface area contributed by atoms with Crippen molar-refractivity contribution in [1.29, 1.82) is 0 Å². The molecule has 0 aliphatic rings. The fourth-order valence-corrected chi connectivity index (χ4v) is 0.474. The Morgan fingerprint density at radius 1 is 1.33 bits per heavy atom. The minimum atomic E-state index is -4.26. The molecule has 0 amide bonds. The highest BCUT2D eigenvalue weighted by Gasteiger charge is 2.27. The van der Waals surface area contributed by atoms with Gasteiger partial charge in [0, 0.05) is 13.1 Å². The molecule has 0 saturated heterocycles. The van der Waals surface area contributed by atoms with Crippen LogP contribution in [-0.4, -0.2) is 44.9 Å². The maximum absolute atomic E-state index is 11.5. The smallest absolute Gasteiger partial charge is 0.308 e. The predicted octanol–water partition coefficient (Wildman–Crippen LogP) is 0.631. The molecule has 0 aromatic heterocycles. The van der Waals surface area contributed by atoms with Gasteiger partial charge < -0.3 is 4.90 Å². The summed E-state index contributed by atoms with van der Waals surface area (Å²) in [5.74, 6) is 0. The number of nitrogens with zero attached hydrogens (tertiary/aromatic N) is 1. The second kappa shape index (κ2) is 5.34. The van der Waals surface area contributed by atoms with Crippen molar-refractivity contribution in [1.82, 2.24) is 10.4 Å². The summed E-state index contributed by atoms with van der Waals surface area (Å²) in [5, 5.41) is 0. The van der Waals surface area contributed by atoms with Crippen molar-refractivity contribution in [3.05, 3.63) is 0 Å². The van der Waals surface area contributed by atoms with Gasteiger partial charge in [0.2, 0.25) is 0 Å². The number of alkyl halides is 3. The third-order valence-electron chi connectivity index (χ3n) is 0.999. The quantitative estimate of drug-likeness (QED) is 0.503. The summed E-state index contributed by atoms with van der Waals surface area (Å²) < 4.78 is 34.4. The molecule has 3 nitrogen and oxygen atoms in total. The first-order valence-electron chi connectivity index (χ1n) is 3.48. The summed E-state index contributed by atoms with van der Waals surface area (Å²) in [7, 11) is 3.65. The molecule has 0 saturated carbocycles. The van der Waals surface area contributed by atoms with Crippen LogP contribution in [0.4, 0.5) is 13.2 Å². The fourth-order valence-electron chi connectivity index (χ4n) is 0.474. The molecule has 0 aromatic carbocycles. The van der Waals surface area contributed by atoms with Crippen molar-refractivity contribution < 1.29 is 18.0 Å². The van der Waals surface area contributed by atoms with Crippen LogP contribution in [0.5, 0.6) is 0 Å². The molecule has 0 fully saturated rings. The Kier molecular flexibility index (Phi) is 5.19. The van der Waals surface area contributed by atoms with Gasteiger partial charge in [-0.05, 0) is 14.1 Å². The van der Waals surface area contributed by atoms with Gasteiger partial charge in [0.1, 0.15) is 0 Å². The Balaban J connectivity index is 3.12. The van der Waals surface area contributed by atoms with Gasteiger partial charge in [0.25, 0.3) is 0 Å². The van der Waals surface area contributed by atoms with E-state index in [9.17, 15) is 13.2 Å². The number of hydroxylamine groups is 1. The molecule has 0 bridgehead atoms. The molecule has 0 radical (unpaired) electrons. The first-order valence-corrected chi connectivity index (χ1v) is 3.48. The molecule has 0 aliphatic heterocycles. The summed E-state index contributed by atoms with van der Waals surface area (Å²) in [6.07, 6.45) is -4.26. The van der Waals surface area contributed by atoms with E-state index in [1.165, 1.54) is 0 Å². The molecule has 0 aliphatic carbocycles. The van der Waals surface area contributed by atoms with E-state index in [0.29, 0.717) is 13.1 Å². The Morgan fingerprint density at radius 3 is 2.33 bits per heavy atom. The number of halogens is 3. The Bertz CT molecular complexity index is 116. The zero-order valence-corrected chi connectivity index (χ0v) is 7.11. The normalized spacial score (nSPS) is 12.5. The van der Waals surface area contributed by atoms with Gasteiger partial charge in [-0.2, -0.15) is 13.2 Å². The van der Waals surface area contributed by atoms with Crippen LogP contribution in [0.25, 0.3) is 0 Å². The van der Waals surface area contributed by atoms with Crippen LogP contribution in [0.15, 0.2) is 0 Å². The summed E-state index contributed by atoms with van der Waals surface area (Å²) >= 11 is 0. The Morgan fingerprint density at radius 2 is 1.92 bits per heavy atom. The van der Waals surface area contributed by atoms with E-state index in [-0.39, 0.29) is 0 Å². The minimum absolute atomic E-state index is 0.378. The van der Waals surface area contributed by atoms with Gasteiger partial charge in [0.05, 0.1) is 0 Å². The fraction of sp³-hybridized carbons (Fsp3) is 1.00. The Labute approximate surface area is 69.4 Å². The highest BCUT2D eigenvalue weighted by molar-refractivity contribution is 4.45. The topological polar surface area (TPSA) is 24.5 Å². The lowest BCUT2D eigenvalue weighted by molar-refractivity contribution is -0.189. The van der Waals surface area contributed by atoms with Crippen LogP contribution in [0.3, 0.4) is 0 Å². The van der Waals surface area contributed by atoms with Gasteiger partial charge in [0.15, 0.2) is 6.61 Å². The Hall–Kier alpha value is -0.330. The average molecular weight is 186 g/mol. The zero-order valence-electron chi connectivity index (χ0n) is 7.11. The van der Waals surface area contributed by atoms with Crippen LogP contribution in [0.1, 0.15) is 0 Å². The van der Waals surface area contributed by atoms with Gasteiger partial charge in [-0.25, -0.2) is 5.48 Å². The van der Waals surface area contributed by atoms with Crippen molar-refractivity contribution in [3.63, 3.8) is 0 Å². The maximum Gasteiger partial charge on any atom is 0.413 e. The molecule has 12 heavy (non-hydrogen) atoms. The lowest BCUT2D eigenvalue weighted by atomic mass is 10.6. The number of nitrogens with one attached hydrogen (secondary N) is 1. The van der Waals surface area contributed by atoms with E-state index in [0.717, 1.165) is 0 Å². The third-order valence-corrected chi connectivity index (χ3v) is 0.999. The highest BCUT2D eigenvalue weighted by atomic mass is 19.4. The van der Waals surface area contributed by atoms with Crippen LogP contribution in [-0.2, 0) is 4.84 Å². The maximum atomic E-state index is 11.5. The molecule has 6 heteroatoms. The van der Waals surface area contributed by atoms with Gasteiger partial charge in [-0.15, -0.1) is 0 Å². The number of hydrogen-bond donors (Lipinski definition) is 1. The minimum Gasteiger partial charge on any atom is -0.308 e. The summed E-state index contributed by atoms with van der Waals surface area (Å²) in [4.78, 5) is 5.98. The lowest BCUT2D eigenvalue weighted by Crippen LogP contribution is -2.30. The standard InChI is InChI=1S/C6H13F3N2O/c1-11(2)4-3-10-12-5-6(7,8)9/h10H,3-5H2,1-2H3. The van der Waals surface area contributed by atoms with Gasteiger partial charge in [-0.3, -0.25) is 4.84 Å². The second-order valence-electron chi connectivity index (χ2n) is 2.60. The molecular weight excluding hydrogens is 173 g/mol. The predicted molar refractivity (Wildman–Crippen MR) is 38.6 cm³/mol. The monoisotopic (exact) mass is 186 g/mol. The molecule has 74 valence electrons. The molecule has 0 unspecified atom stereocenters. The first-order chi connectivity index (χ1) is 5.42. The summed E-state index contributed by atoms with van der Waals surface area (Å²) in [5.41, 5.74) is 2.21. The van der Waals surface area contributed by atoms with Crippen molar-refractivity contribution in [2.24, 2.45) is 0 Å². The van der Waals surface area contributed by atoms with Crippen LogP contribution in [0.2, 0.25) is 0 Å². The van der Waals surface area contributed by atoms with Crippen molar-refractivity contribution in [2.45, 2.75) is 6.18 Å². The van der Waals surface area contributed by atoms with E-state index in [1.54, 1.807) is 0 Å². The van der Waals surface area contributed by atoms with Crippen LogP contribution in [0, 0.1) is 0 Å². The van der Waals surface area contributed by atoms with Crippen LogP contribution >= 0.6 is 0 Å². The van der Waals surface area contributed by atoms with E-state index in [2.05, 4.69) is 10.3 Å². The molecular formula is C6H13F3N2O. The molecule has 0 aromatic rings. The van der Waals surface area contributed by atoms with E-state index in [1.807, 2.05) is 19.0 Å². The number of likely N-dealkylation sites (N-methyl/N-ethyl adjacent to an activating group) is 1. The third kappa shape index (κ3) is 9.67. The van der Waals surface area contributed by atoms with Crippen molar-refractivity contribution in [3.8, 4) is 0 Å². The highest BCUT2D eigenvalue weighted by Crippen LogP contribution is 2.13. The SMILES string of the molecule is CN(C)CCNOCC(F)(F)F. The van der Waals surface area contributed by atoms with E-state index in [4.69, 9.17) is 0 Å².